The number of benzene rings is 1. The zero-order chi connectivity index (χ0) is 19.0. The van der Waals surface area contributed by atoms with Gasteiger partial charge in [-0.2, -0.15) is 0 Å². The van der Waals surface area contributed by atoms with E-state index in [0.717, 1.165) is 35.5 Å². The molecule has 3 amide bonds. The Balaban J connectivity index is 1.51. The fraction of sp³-hybridized carbons (Fsp3) is 0.450. The first-order chi connectivity index (χ1) is 13.0. The summed E-state index contributed by atoms with van der Waals surface area (Å²) in [5, 5.41) is 6.93. The molecule has 3 fully saturated rings. The van der Waals surface area contributed by atoms with Crippen molar-refractivity contribution in [3.63, 3.8) is 0 Å². The molecule has 1 N–H and O–H groups in total. The second-order valence-corrected chi connectivity index (χ2v) is 7.40. The van der Waals surface area contributed by atoms with Gasteiger partial charge in [0.2, 0.25) is 5.91 Å². The average Bonchev–Trinajstić information content (AvgIpc) is 2.84. The Labute approximate surface area is 158 Å². The van der Waals surface area contributed by atoms with E-state index in [1.807, 2.05) is 49.1 Å². The highest BCUT2D eigenvalue weighted by Gasteiger charge is 2.42. The molecule has 1 aromatic carbocycles. The Morgan fingerprint density at radius 3 is 2.70 bits per heavy atom. The predicted octanol–water partition coefficient (Wildman–Crippen LogP) is 2.95. The number of nitrogens with zero attached hydrogens (tertiary/aromatic N) is 3. The maximum absolute atomic E-state index is 13.0. The lowest BCUT2D eigenvalue weighted by Crippen LogP contribution is -2.47. The number of nitrogens with one attached hydrogen (secondary N) is 1. The van der Waals surface area contributed by atoms with Gasteiger partial charge in [-0.15, -0.1) is 0 Å². The van der Waals surface area contributed by atoms with Gasteiger partial charge in [0, 0.05) is 30.4 Å². The molecule has 2 atom stereocenters. The number of para-hydroxylation sites is 1. The van der Waals surface area contributed by atoms with Crippen molar-refractivity contribution in [3.05, 3.63) is 47.3 Å². The SMILES string of the molecule is Cc1noc(C)c1CN1C(=O)C2CCC1CN(C(=O)Nc1ccccc1)C2. The van der Waals surface area contributed by atoms with Gasteiger partial charge in [0.05, 0.1) is 18.2 Å². The van der Waals surface area contributed by atoms with Crippen LogP contribution in [0.25, 0.3) is 0 Å². The highest BCUT2D eigenvalue weighted by molar-refractivity contribution is 5.90. The minimum atomic E-state index is -0.148. The van der Waals surface area contributed by atoms with Crippen molar-refractivity contribution in [2.24, 2.45) is 5.92 Å². The van der Waals surface area contributed by atoms with E-state index in [9.17, 15) is 9.59 Å². The van der Waals surface area contributed by atoms with Gasteiger partial charge in [-0.25, -0.2) is 4.79 Å². The van der Waals surface area contributed by atoms with Gasteiger partial charge in [-0.05, 0) is 38.8 Å². The van der Waals surface area contributed by atoms with Gasteiger partial charge in [0.25, 0.3) is 0 Å². The Kier molecular flexibility index (Phi) is 4.59. The third-order valence-corrected chi connectivity index (χ3v) is 5.62. The second-order valence-electron chi connectivity index (χ2n) is 7.40. The molecule has 2 aromatic rings. The molecule has 7 nitrogen and oxygen atoms in total. The fourth-order valence-corrected chi connectivity index (χ4v) is 4.04. The van der Waals surface area contributed by atoms with Crippen molar-refractivity contribution in [3.8, 4) is 0 Å². The molecular formula is C20H24N4O3. The van der Waals surface area contributed by atoms with E-state index in [0.29, 0.717) is 19.6 Å². The number of fused-ring (bicyclic) bond motifs is 4. The molecule has 1 aromatic heterocycles. The molecule has 27 heavy (non-hydrogen) atoms. The van der Waals surface area contributed by atoms with Gasteiger partial charge in [-0.3, -0.25) is 4.79 Å². The van der Waals surface area contributed by atoms with Crippen LogP contribution in [0.3, 0.4) is 0 Å². The lowest BCUT2D eigenvalue weighted by atomic mass is 9.93. The van der Waals surface area contributed by atoms with E-state index < -0.39 is 0 Å². The van der Waals surface area contributed by atoms with Gasteiger partial charge in [-0.1, -0.05) is 23.4 Å². The topological polar surface area (TPSA) is 78.7 Å². The quantitative estimate of drug-likeness (QED) is 0.903. The van der Waals surface area contributed by atoms with E-state index in [4.69, 9.17) is 4.52 Å². The average molecular weight is 368 g/mol. The minimum Gasteiger partial charge on any atom is -0.361 e. The molecule has 0 spiro atoms. The van der Waals surface area contributed by atoms with E-state index in [1.165, 1.54) is 0 Å². The van der Waals surface area contributed by atoms with Gasteiger partial charge < -0.3 is 19.6 Å². The summed E-state index contributed by atoms with van der Waals surface area (Å²) in [4.78, 5) is 29.4. The first-order valence-corrected chi connectivity index (χ1v) is 9.36. The lowest BCUT2D eigenvalue weighted by Gasteiger charge is -2.35. The molecule has 4 heterocycles. The Morgan fingerprint density at radius 1 is 1.22 bits per heavy atom. The molecule has 3 aliphatic heterocycles. The Hall–Kier alpha value is -2.83. The molecule has 2 unspecified atom stereocenters. The first-order valence-electron chi connectivity index (χ1n) is 9.36. The monoisotopic (exact) mass is 368 g/mol. The van der Waals surface area contributed by atoms with E-state index in [2.05, 4.69) is 10.5 Å². The predicted molar refractivity (Wildman–Crippen MR) is 100 cm³/mol. The summed E-state index contributed by atoms with van der Waals surface area (Å²) in [6, 6.07) is 9.27. The number of piperidine rings is 1. The van der Waals surface area contributed by atoms with Crippen LogP contribution in [0.15, 0.2) is 34.9 Å². The molecule has 7 heteroatoms. The molecule has 142 valence electrons. The van der Waals surface area contributed by atoms with Crippen LogP contribution in [0.5, 0.6) is 0 Å². The summed E-state index contributed by atoms with van der Waals surface area (Å²) in [6.45, 7) is 5.27. The van der Waals surface area contributed by atoms with Crippen molar-refractivity contribution in [2.75, 3.05) is 18.4 Å². The van der Waals surface area contributed by atoms with Crippen LogP contribution >= 0.6 is 0 Å². The summed E-state index contributed by atoms with van der Waals surface area (Å²) in [7, 11) is 0. The van der Waals surface area contributed by atoms with Crippen LogP contribution in [0.4, 0.5) is 10.5 Å². The van der Waals surface area contributed by atoms with Crippen LogP contribution in [0.1, 0.15) is 29.9 Å². The third kappa shape index (κ3) is 3.41. The number of hydrogen-bond acceptors (Lipinski definition) is 4. The minimum absolute atomic E-state index is 0.0199. The molecule has 5 rings (SSSR count). The molecular weight excluding hydrogens is 344 g/mol. The van der Waals surface area contributed by atoms with Crippen LogP contribution in [-0.4, -0.2) is 46.0 Å². The summed E-state index contributed by atoms with van der Waals surface area (Å²) >= 11 is 0. The molecule has 0 saturated carbocycles. The van der Waals surface area contributed by atoms with E-state index in [-0.39, 0.29) is 23.9 Å². The van der Waals surface area contributed by atoms with Gasteiger partial charge in [0.1, 0.15) is 5.76 Å². The number of amides is 3. The Morgan fingerprint density at radius 2 is 2.00 bits per heavy atom. The van der Waals surface area contributed by atoms with Gasteiger partial charge in [0.15, 0.2) is 0 Å². The smallest absolute Gasteiger partial charge is 0.321 e. The van der Waals surface area contributed by atoms with E-state index in [1.54, 1.807) is 4.90 Å². The zero-order valence-corrected chi connectivity index (χ0v) is 15.6. The molecule has 3 aliphatic rings. The molecule has 0 aliphatic carbocycles. The van der Waals surface area contributed by atoms with Crippen LogP contribution in [0.2, 0.25) is 0 Å². The summed E-state index contributed by atoms with van der Waals surface area (Å²) in [5.41, 5.74) is 2.55. The number of urea groups is 1. The fourth-order valence-electron chi connectivity index (χ4n) is 4.04. The van der Waals surface area contributed by atoms with Crippen molar-refractivity contribution in [2.45, 2.75) is 39.3 Å². The molecule has 3 saturated heterocycles. The number of hydrogen-bond donors (Lipinski definition) is 1. The normalized spacial score (nSPS) is 22.1. The lowest BCUT2D eigenvalue weighted by molar-refractivity contribution is -0.140. The highest BCUT2D eigenvalue weighted by Crippen LogP contribution is 2.31. The molecule has 0 radical (unpaired) electrons. The first kappa shape index (κ1) is 17.6. The van der Waals surface area contributed by atoms with Crippen LogP contribution in [0, 0.1) is 19.8 Å². The number of rotatable bonds is 3. The molecule has 2 bridgehead atoms. The Bertz CT molecular complexity index is 829. The number of aryl methyl sites for hydroxylation is 2. The van der Waals surface area contributed by atoms with Crippen LogP contribution in [-0.2, 0) is 11.3 Å². The number of carbonyl (C=O) groups excluding carboxylic acids is 2. The zero-order valence-electron chi connectivity index (χ0n) is 15.6. The second kappa shape index (κ2) is 7.06. The highest BCUT2D eigenvalue weighted by atomic mass is 16.5. The largest absolute Gasteiger partial charge is 0.361 e. The van der Waals surface area contributed by atoms with Crippen molar-refractivity contribution < 1.29 is 14.1 Å². The standard InChI is InChI=1S/C20H24N4O3/c1-13-18(14(2)27-22-13)12-24-17-9-8-15(19(24)25)10-23(11-17)20(26)21-16-6-4-3-5-7-16/h3-7,15,17H,8-12H2,1-2H3,(H,21,26). The maximum atomic E-state index is 13.0. The number of aromatic nitrogens is 1. The summed E-state index contributed by atoms with van der Waals surface area (Å²) < 4.78 is 5.25. The van der Waals surface area contributed by atoms with E-state index >= 15 is 0 Å². The van der Waals surface area contributed by atoms with Gasteiger partial charge >= 0.3 is 6.03 Å². The number of anilines is 1. The maximum Gasteiger partial charge on any atom is 0.321 e. The van der Waals surface area contributed by atoms with Crippen molar-refractivity contribution in [1.29, 1.82) is 0 Å². The summed E-state index contributed by atoms with van der Waals surface area (Å²) in [6.07, 6.45) is 1.74. The number of carbonyl (C=O) groups is 2. The third-order valence-electron chi connectivity index (χ3n) is 5.62. The van der Waals surface area contributed by atoms with Crippen molar-refractivity contribution >= 4 is 17.6 Å². The summed E-state index contributed by atoms with van der Waals surface area (Å²) in [5.74, 6) is 0.728. The van der Waals surface area contributed by atoms with Crippen LogP contribution < -0.4 is 5.32 Å². The van der Waals surface area contributed by atoms with Crippen molar-refractivity contribution in [1.82, 2.24) is 15.0 Å².